The number of aliphatic hydroxyl groups excluding tert-OH is 1. The number of nitrogens with zero attached hydrogens (tertiary/aromatic N) is 4. The van der Waals surface area contributed by atoms with Crippen molar-refractivity contribution in [3.63, 3.8) is 0 Å². The SMILES string of the molecule is Cc1ccc(-n2cnnn2)cc1NC1CCC(O)CC1. The van der Waals surface area contributed by atoms with Gasteiger partial charge < -0.3 is 10.4 Å². The van der Waals surface area contributed by atoms with Gasteiger partial charge in [-0.05, 0) is 60.7 Å². The molecule has 1 aromatic carbocycles. The summed E-state index contributed by atoms with van der Waals surface area (Å²) in [5.41, 5.74) is 3.26. The largest absolute Gasteiger partial charge is 0.393 e. The number of benzene rings is 1. The average Bonchev–Trinajstić information content (AvgIpc) is 2.98. The van der Waals surface area contributed by atoms with Crippen molar-refractivity contribution in [1.29, 1.82) is 0 Å². The van der Waals surface area contributed by atoms with E-state index in [1.165, 1.54) is 5.56 Å². The summed E-state index contributed by atoms with van der Waals surface area (Å²) in [5, 5.41) is 24.4. The predicted molar refractivity (Wildman–Crippen MR) is 75.8 cm³/mol. The third kappa shape index (κ3) is 2.80. The van der Waals surface area contributed by atoms with Crippen molar-refractivity contribution in [1.82, 2.24) is 20.2 Å². The first-order valence-corrected chi connectivity index (χ1v) is 7.01. The van der Waals surface area contributed by atoms with Crippen molar-refractivity contribution in [3.05, 3.63) is 30.1 Å². The van der Waals surface area contributed by atoms with E-state index in [9.17, 15) is 5.11 Å². The Morgan fingerprint density at radius 2 is 2.05 bits per heavy atom. The van der Waals surface area contributed by atoms with E-state index >= 15 is 0 Å². The number of aromatic nitrogens is 4. The zero-order valence-corrected chi connectivity index (χ0v) is 11.5. The first kappa shape index (κ1) is 13.1. The molecular weight excluding hydrogens is 254 g/mol. The highest BCUT2D eigenvalue weighted by atomic mass is 16.3. The molecule has 6 heteroatoms. The van der Waals surface area contributed by atoms with E-state index in [-0.39, 0.29) is 6.10 Å². The maximum atomic E-state index is 9.56. The molecule has 106 valence electrons. The molecule has 0 amide bonds. The van der Waals surface area contributed by atoms with Crippen molar-refractivity contribution >= 4 is 5.69 Å². The molecule has 0 aliphatic heterocycles. The van der Waals surface area contributed by atoms with Crippen LogP contribution in [0.5, 0.6) is 0 Å². The molecule has 1 saturated carbocycles. The van der Waals surface area contributed by atoms with Crippen LogP contribution in [0.2, 0.25) is 0 Å². The van der Waals surface area contributed by atoms with Crippen LogP contribution in [0.3, 0.4) is 0 Å². The molecule has 1 aromatic heterocycles. The molecule has 2 aromatic rings. The minimum Gasteiger partial charge on any atom is -0.393 e. The Morgan fingerprint density at radius 1 is 1.25 bits per heavy atom. The van der Waals surface area contributed by atoms with Gasteiger partial charge in [0.2, 0.25) is 0 Å². The minimum atomic E-state index is -0.123. The second-order valence-corrected chi connectivity index (χ2v) is 5.40. The van der Waals surface area contributed by atoms with Gasteiger partial charge in [0.15, 0.2) is 0 Å². The van der Waals surface area contributed by atoms with E-state index < -0.39 is 0 Å². The van der Waals surface area contributed by atoms with Gasteiger partial charge >= 0.3 is 0 Å². The molecule has 6 nitrogen and oxygen atoms in total. The molecule has 1 aliphatic rings. The predicted octanol–water partition coefficient (Wildman–Crippen LogP) is 1.69. The smallest absolute Gasteiger partial charge is 0.143 e. The van der Waals surface area contributed by atoms with Crippen LogP contribution in [0, 0.1) is 6.92 Å². The Bertz CT molecular complexity index is 561. The van der Waals surface area contributed by atoms with Crippen LogP contribution in [-0.4, -0.2) is 37.5 Å². The molecule has 0 spiro atoms. The van der Waals surface area contributed by atoms with Crippen molar-refractivity contribution in [2.24, 2.45) is 0 Å². The molecule has 1 heterocycles. The van der Waals surface area contributed by atoms with Gasteiger partial charge in [0, 0.05) is 11.7 Å². The van der Waals surface area contributed by atoms with E-state index in [1.807, 2.05) is 6.07 Å². The van der Waals surface area contributed by atoms with Gasteiger partial charge in [0.05, 0.1) is 11.8 Å². The fourth-order valence-electron chi connectivity index (χ4n) is 2.63. The lowest BCUT2D eigenvalue weighted by molar-refractivity contribution is 0.126. The molecule has 3 rings (SSSR count). The number of tetrazole rings is 1. The summed E-state index contributed by atoms with van der Waals surface area (Å²) in [6, 6.07) is 6.57. The lowest BCUT2D eigenvalue weighted by atomic mass is 9.93. The summed E-state index contributed by atoms with van der Waals surface area (Å²) < 4.78 is 1.65. The molecule has 0 atom stereocenters. The maximum Gasteiger partial charge on any atom is 0.143 e. The summed E-state index contributed by atoms with van der Waals surface area (Å²) in [6.07, 6.45) is 5.24. The van der Waals surface area contributed by atoms with Gasteiger partial charge in [-0.2, -0.15) is 0 Å². The highest BCUT2D eigenvalue weighted by Gasteiger charge is 2.19. The van der Waals surface area contributed by atoms with Gasteiger partial charge in [-0.15, -0.1) is 5.10 Å². The highest BCUT2D eigenvalue weighted by Crippen LogP contribution is 2.25. The highest BCUT2D eigenvalue weighted by molar-refractivity contribution is 5.57. The van der Waals surface area contributed by atoms with Crippen molar-refractivity contribution in [2.45, 2.75) is 44.8 Å². The normalized spacial score (nSPS) is 22.7. The standard InChI is InChI=1S/C14H19N5O/c1-10-2-5-12(19-9-15-17-18-19)8-14(10)16-11-3-6-13(20)7-4-11/h2,5,8-9,11,13,16,20H,3-4,6-7H2,1H3. The topological polar surface area (TPSA) is 75.9 Å². The Balaban J connectivity index is 1.77. The summed E-state index contributed by atoms with van der Waals surface area (Å²) in [6.45, 7) is 2.09. The zero-order chi connectivity index (χ0) is 13.9. The van der Waals surface area contributed by atoms with Crippen molar-refractivity contribution < 1.29 is 5.11 Å². The van der Waals surface area contributed by atoms with Crippen LogP contribution >= 0.6 is 0 Å². The Kier molecular flexibility index (Phi) is 3.64. The summed E-state index contributed by atoms with van der Waals surface area (Å²) in [7, 11) is 0. The average molecular weight is 273 g/mol. The molecule has 0 saturated heterocycles. The van der Waals surface area contributed by atoms with Crippen LogP contribution < -0.4 is 5.32 Å². The Hall–Kier alpha value is -1.95. The first-order chi connectivity index (χ1) is 9.72. The summed E-state index contributed by atoms with van der Waals surface area (Å²) in [4.78, 5) is 0. The van der Waals surface area contributed by atoms with Gasteiger partial charge in [-0.3, -0.25) is 0 Å². The van der Waals surface area contributed by atoms with E-state index in [2.05, 4.69) is 39.9 Å². The van der Waals surface area contributed by atoms with Crippen LogP contribution in [0.1, 0.15) is 31.2 Å². The van der Waals surface area contributed by atoms with Gasteiger partial charge in [0.1, 0.15) is 6.33 Å². The molecule has 1 aliphatic carbocycles. The number of aryl methyl sites for hydroxylation is 1. The van der Waals surface area contributed by atoms with E-state index in [1.54, 1.807) is 11.0 Å². The van der Waals surface area contributed by atoms with Crippen LogP contribution in [0.15, 0.2) is 24.5 Å². The number of anilines is 1. The van der Waals surface area contributed by atoms with Gasteiger partial charge in [0.25, 0.3) is 0 Å². The molecular formula is C14H19N5O. The molecule has 0 bridgehead atoms. The zero-order valence-electron chi connectivity index (χ0n) is 11.5. The lowest BCUT2D eigenvalue weighted by Crippen LogP contribution is -2.28. The van der Waals surface area contributed by atoms with Crippen LogP contribution in [0.25, 0.3) is 5.69 Å². The number of nitrogens with one attached hydrogen (secondary N) is 1. The van der Waals surface area contributed by atoms with Gasteiger partial charge in [-0.25, -0.2) is 4.68 Å². The maximum absolute atomic E-state index is 9.56. The number of hydrogen-bond donors (Lipinski definition) is 2. The second-order valence-electron chi connectivity index (χ2n) is 5.40. The monoisotopic (exact) mass is 273 g/mol. The Morgan fingerprint density at radius 3 is 2.75 bits per heavy atom. The third-order valence-corrected chi connectivity index (χ3v) is 3.89. The Labute approximate surface area is 117 Å². The third-order valence-electron chi connectivity index (χ3n) is 3.89. The van der Waals surface area contributed by atoms with Crippen molar-refractivity contribution in [3.8, 4) is 5.69 Å². The van der Waals surface area contributed by atoms with Crippen LogP contribution in [0.4, 0.5) is 5.69 Å². The molecule has 1 fully saturated rings. The fraction of sp³-hybridized carbons (Fsp3) is 0.500. The molecule has 0 unspecified atom stereocenters. The number of aliphatic hydroxyl groups is 1. The van der Waals surface area contributed by atoms with Gasteiger partial charge in [-0.1, -0.05) is 6.07 Å². The molecule has 2 N–H and O–H groups in total. The molecule has 0 radical (unpaired) electrons. The number of hydrogen-bond acceptors (Lipinski definition) is 5. The van der Waals surface area contributed by atoms with Crippen molar-refractivity contribution in [2.75, 3.05) is 5.32 Å². The quantitative estimate of drug-likeness (QED) is 0.890. The molecule has 20 heavy (non-hydrogen) atoms. The fourth-order valence-corrected chi connectivity index (χ4v) is 2.63. The summed E-state index contributed by atoms with van der Waals surface area (Å²) >= 11 is 0. The van der Waals surface area contributed by atoms with E-state index in [0.29, 0.717) is 6.04 Å². The minimum absolute atomic E-state index is 0.123. The lowest BCUT2D eigenvalue weighted by Gasteiger charge is -2.27. The van der Waals surface area contributed by atoms with E-state index in [0.717, 1.165) is 37.1 Å². The first-order valence-electron chi connectivity index (χ1n) is 7.01. The number of rotatable bonds is 3. The summed E-state index contributed by atoms with van der Waals surface area (Å²) in [5.74, 6) is 0. The second kappa shape index (κ2) is 5.58. The van der Waals surface area contributed by atoms with Crippen LogP contribution in [-0.2, 0) is 0 Å². The van der Waals surface area contributed by atoms with E-state index in [4.69, 9.17) is 0 Å².